The summed E-state index contributed by atoms with van der Waals surface area (Å²) in [6, 6.07) is 9.63. The molecule has 2 fully saturated rings. The van der Waals surface area contributed by atoms with Gasteiger partial charge in [-0.3, -0.25) is 0 Å². The fourth-order valence-electron chi connectivity index (χ4n) is 3.54. The lowest BCUT2D eigenvalue weighted by molar-refractivity contribution is 0.345. The van der Waals surface area contributed by atoms with Crippen molar-refractivity contribution >= 4 is 0 Å². The maximum atomic E-state index is 5.31. The lowest BCUT2D eigenvalue weighted by Gasteiger charge is -2.34. The molecule has 1 aromatic carbocycles. The molecule has 0 radical (unpaired) electrons. The molecule has 0 unspecified atom stereocenters. The highest BCUT2D eigenvalue weighted by atomic mass is 16.5. The van der Waals surface area contributed by atoms with Gasteiger partial charge in [-0.2, -0.15) is 0 Å². The minimum Gasteiger partial charge on any atom is -0.497 e. The van der Waals surface area contributed by atoms with Crippen LogP contribution in [0.3, 0.4) is 0 Å². The predicted octanol–water partition coefficient (Wildman–Crippen LogP) is 4.04. The summed E-state index contributed by atoms with van der Waals surface area (Å²) in [6.45, 7) is 1.16. The van der Waals surface area contributed by atoms with Gasteiger partial charge in [0.1, 0.15) is 5.75 Å². The SMILES string of the molecule is COc1ccc(C2(CNC3CC3)CCCCCC2)cc1. The van der Waals surface area contributed by atoms with E-state index in [0.717, 1.165) is 18.3 Å². The molecule has 20 heavy (non-hydrogen) atoms. The van der Waals surface area contributed by atoms with Gasteiger partial charge in [0.15, 0.2) is 0 Å². The molecule has 1 N–H and O–H groups in total. The lowest BCUT2D eigenvalue weighted by Crippen LogP contribution is -2.38. The Labute approximate surface area is 122 Å². The van der Waals surface area contributed by atoms with Gasteiger partial charge in [0.2, 0.25) is 0 Å². The van der Waals surface area contributed by atoms with Crippen LogP contribution in [0.1, 0.15) is 56.9 Å². The quantitative estimate of drug-likeness (QED) is 0.818. The van der Waals surface area contributed by atoms with E-state index in [1.54, 1.807) is 7.11 Å². The smallest absolute Gasteiger partial charge is 0.118 e. The van der Waals surface area contributed by atoms with Crippen LogP contribution in [0.2, 0.25) is 0 Å². The van der Waals surface area contributed by atoms with Crippen LogP contribution in [-0.4, -0.2) is 19.7 Å². The van der Waals surface area contributed by atoms with E-state index < -0.39 is 0 Å². The Bertz CT molecular complexity index is 414. The monoisotopic (exact) mass is 273 g/mol. The van der Waals surface area contributed by atoms with Crippen molar-refractivity contribution in [2.24, 2.45) is 0 Å². The molecule has 0 saturated heterocycles. The Hall–Kier alpha value is -1.02. The van der Waals surface area contributed by atoms with Crippen LogP contribution in [0.5, 0.6) is 5.75 Å². The summed E-state index contributed by atoms with van der Waals surface area (Å²) < 4.78 is 5.31. The Morgan fingerprint density at radius 2 is 1.70 bits per heavy atom. The van der Waals surface area contributed by atoms with Crippen LogP contribution in [0.4, 0.5) is 0 Å². The Kier molecular flexibility index (Phi) is 4.30. The molecular formula is C18H27NO. The third-order valence-electron chi connectivity index (χ3n) is 5.07. The highest BCUT2D eigenvalue weighted by molar-refractivity contribution is 5.33. The molecule has 1 aromatic rings. The number of nitrogens with one attached hydrogen (secondary N) is 1. The predicted molar refractivity (Wildman–Crippen MR) is 83.4 cm³/mol. The zero-order valence-corrected chi connectivity index (χ0v) is 12.7. The van der Waals surface area contributed by atoms with Gasteiger partial charge in [-0.15, -0.1) is 0 Å². The Morgan fingerprint density at radius 1 is 1.05 bits per heavy atom. The van der Waals surface area contributed by atoms with E-state index in [0.29, 0.717) is 5.41 Å². The highest BCUT2D eigenvalue weighted by Gasteiger charge is 2.34. The van der Waals surface area contributed by atoms with E-state index in [2.05, 4.69) is 29.6 Å². The Morgan fingerprint density at radius 3 is 2.25 bits per heavy atom. The van der Waals surface area contributed by atoms with Crippen LogP contribution in [-0.2, 0) is 5.41 Å². The molecule has 0 atom stereocenters. The molecule has 3 rings (SSSR count). The summed E-state index contributed by atoms with van der Waals surface area (Å²) >= 11 is 0. The van der Waals surface area contributed by atoms with E-state index >= 15 is 0 Å². The normalized spacial score (nSPS) is 22.2. The zero-order chi connectivity index (χ0) is 13.8. The van der Waals surface area contributed by atoms with Gasteiger partial charge < -0.3 is 10.1 Å². The molecule has 0 amide bonds. The van der Waals surface area contributed by atoms with Gasteiger partial charge in [-0.25, -0.2) is 0 Å². The fraction of sp³-hybridized carbons (Fsp3) is 0.667. The lowest BCUT2D eigenvalue weighted by atomic mass is 9.74. The van der Waals surface area contributed by atoms with E-state index in [-0.39, 0.29) is 0 Å². The molecule has 110 valence electrons. The van der Waals surface area contributed by atoms with Crippen molar-refractivity contribution in [1.82, 2.24) is 5.32 Å². The third kappa shape index (κ3) is 3.17. The molecule has 2 saturated carbocycles. The van der Waals surface area contributed by atoms with Crippen LogP contribution in [0.25, 0.3) is 0 Å². The van der Waals surface area contributed by atoms with Gasteiger partial charge >= 0.3 is 0 Å². The summed E-state index contributed by atoms with van der Waals surface area (Å²) in [6.07, 6.45) is 11.0. The van der Waals surface area contributed by atoms with Gasteiger partial charge in [0.25, 0.3) is 0 Å². The fourth-order valence-corrected chi connectivity index (χ4v) is 3.54. The molecular weight excluding hydrogens is 246 g/mol. The van der Waals surface area contributed by atoms with Crippen LogP contribution < -0.4 is 10.1 Å². The van der Waals surface area contributed by atoms with Crippen molar-refractivity contribution in [2.45, 2.75) is 62.8 Å². The van der Waals surface area contributed by atoms with E-state index in [1.807, 2.05) is 0 Å². The first-order valence-corrected chi connectivity index (χ1v) is 8.20. The van der Waals surface area contributed by atoms with E-state index in [1.165, 1.54) is 56.9 Å². The van der Waals surface area contributed by atoms with Crippen LogP contribution >= 0.6 is 0 Å². The molecule has 0 bridgehead atoms. The first-order chi connectivity index (χ1) is 9.82. The van der Waals surface area contributed by atoms with Crippen LogP contribution in [0, 0.1) is 0 Å². The zero-order valence-electron chi connectivity index (χ0n) is 12.7. The minimum absolute atomic E-state index is 0.353. The summed E-state index contributed by atoms with van der Waals surface area (Å²) in [5, 5.41) is 3.79. The third-order valence-corrected chi connectivity index (χ3v) is 5.07. The van der Waals surface area contributed by atoms with Crippen LogP contribution in [0.15, 0.2) is 24.3 Å². The minimum atomic E-state index is 0.353. The number of hydrogen-bond acceptors (Lipinski definition) is 2. The maximum absolute atomic E-state index is 5.31. The van der Waals surface area contributed by atoms with E-state index in [4.69, 9.17) is 4.74 Å². The van der Waals surface area contributed by atoms with Crippen molar-refractivity contribution < 1.29 is 4.74 Å². The number of ether oxygens (including phenoxy) is 1. The van der Waals surface area contributed by atoms with E-state index in [9.17, 15) is 0 Å². The molecule has 2 heteroatoms. The summed E-state index contributed by atoms with van der Waals surface area (Å²) in [5.74, 6) is 0.965. The highest BCUT2D eigenvalue weighted by Crippen LogP contribution is 2.39. The van der Waals surface area contributed by atoms with Gasteiger partial charge in [-0.05, 0) is 43.4 Å². The largest absolute Gasteiger partial charge is 0.497 e. The average molecular weight is 273 g/mol. The van der Waals surface area contributed by atoms with Gasteiger partial charge in [0, 0.05) is 18.0 Å². The van der Waals surface area contributed by atoms with Gasteiger partial charge in [-0.1, -0.05) is 37.8 Å². The number of benzene rings is 1. The second kappa shape index (κ2) is 6.17. The van der Waals surface area contributed by atoms with Crippen molar-refractivity contribution in [3.8, 4) is 5.75 Å². The molecule has 0 aromatic heterocycles. The summed E-state index contributed by atoms with van der Waals surface area (Å²) in [5.41, 5.74) is 1.86. The molecule has 2 aliphatic rings. The maximum Gasteiger partial charge on any atom is 0.118 e. The van der Waals surface area contributed by atoms with Gasteiger partial charge in [0.05, 0.1) is 7.11 Å². The molecule has 0 heterocycles. The number of methoxy groups -OCH3 is 1. The molecule has 0 aliphatic heterocycles. The Balaban J connectivity index is 1.80. The topological polar surface area (TPSA) is 21.3 Å². The van der Waals surface area contributed by atoms with Crippen molar-refractivity contribution in [3.05, 3.63) is 29.8 Å². The molecule has 2 aliphatic carbocycles. The molecule has 0 spiro atoms. The van der Waals surface area contributed by atoms with Crippen molar-refractivity contribution in [3.63, 3.8) is 0 Å². The average Bonchev–Trinajstić information content (AvgIpc) is 3.32. The first-order valence-electron chi connectivity index (χ1n) is 8.20. The molecule has 2 nitrogen and oxygen atoms in total. The first kappa shape index (κ1) is 13.9. The summed E-state index contributed by atoms with van der Waals surface area (Å²) in [7, 11) is 1.74. The second-order valence-corrected chi connectivity index (χ2v) is 6.58. The van der Waals surface area contributed by atoms with Crippen molar-refractivity contribution in [1.29, 1.82) is 0 Å². The summed E-state index contributed by atoms with van der Waals surface area (Å²) in [4.78, 5) is 0. The standard InChI is InChI=1S/C18H27NO/c1-20-17-10-6-15(7-11-17)18(14-19-16-8-9-16)12-4-2-3-5-13-18/h6-7,10-11,16,19H,2-5,8-9,12-14H2,1H3. The number of rotatable bonds is 5. The number of hydrogen-bond donors (Lipinski definition) is 1. The second-order valence-electron chi connectivity index (χ2n) is 6.58. The van der Waals surface area contributed by atoms with Crippen molar-refractivity contribution in [2.75, 3.05) is 13.7 Å².